The van der Waals surface area contributed by atoms with E-state index in [0.29, 0.717) is 16.5 Å². The monoisotopic (exact) mass is 394 g/mol. The van der Waals surface area contributed by atoms with Crippen LogP contribution < -0.4 is 15.4 Å². The zero-order valence-corrected chi connectivity index (χ0v) is 15.5. The predicted molar refractivity (Wildman–Crippen MR) is 105 cm³/mol. The second-order valence-corrected chi connectivity index (χ2v) is 6.78. The largest absolute Gasteiger partial charge is 0.466 e. The van der Waals surface area contributed by atoms with Crippen molar-refractivity contribution in [2.24, 2.45) is 0 Å². The third kappa shape index (κ3) is 3.27. The molecule has 2 heterocycles. The van der Waals surface area contributed by atoms with E-state index in [9.17, 15) is 9.59 Å². The van der Waals surface area contributed by atoms with Gasteiger partial charge in [-0.2, -0.15) is 0 Å². The maximum absolute atomic E-state index is 12.7. The van der Waals surface area contributed by atoms with Crippen molar-refractivity contribution in [1.29, 1.82) is 0 Å². The van der Waals surface area contributed by atoms with E-state index in [0.717, 1.165) is 11.1 Å². The van der Waals surface area contributed by atoms with E-state index in [1.54, 1.807) is 30.6 Å². The van der Waals surface area contributed by atoms with Gasteiger partial charge in [0.15, 0.2) is 0 Å². The van der Waals surface area contributed by atoms with Crippen molar-refractivity contribution in [3.63, 3.8) is 0 Å². The highest BCUT2D eigenvalue weighted by atomic mass is 35.5. The van der Waals surface area contributed by atoms with Gasteiger partial charge in [-0.1, -0.05) is 41.9 Å². The molecule has 8 heteroatoms. The Morgan fingerprint density at radius 3 is 2.54 bits per heavy atom. The zero-order chi connectivity index (χ0) is 19.7. The number of rotatable bonds is 3. The minimum atomic E-state index is -1.78. The number of hydrogen-bond donors (Lipinski definition) is 2. The second kappa shape index (κ2) is 6.94. The van der Waals surface area contributed by atoms with Crippen molar-refractivity contribution in [1.82, 2.24) is 9.97 Å². The smallest absolute Gasteiger partial charge is 0.280 e. The molecule has 2 amide bonds. The van der Waals surface area contributed by atoms with E-state index in [1.807, 2.05) is 30.3 Å². The number of hydrogen-bond acceptors (Lipinski definition) is 5. The molecule has 0 aliphatic carbocycles. The summed E-state index contributed by atoms with van der Waals surface area (Å²) < 4.78 is 5.68. The molecule has 0 radical (unpaired) electrons. The lowest BCUT2D eigenvalue weighted by Crippen LogP contribution is -2.56. The van der Waals surface area contributed by atoms with Gasteiger partial charge in [0.05, 0.1) is 5.69 Å². The summed E-state index contributed by atoms with van der Waals surface area (Å²) in [6.45, 7) is 1.38. The van der Waals surface area contributed by atoms with Crippen molar-refractivity contribution in [2.45, 2.75) is 12.5 Å². The Morgan fingerprint density at radius 2 is 1.82 bits per heavy atom. The summed E-state index contributed by atoms with van der Waals surface area (Å²) in [7, 11) is 0. The van der Waals surface area contributed by atoms with Gasteiger partial charge in [0.2, 0.25) is 5.95 Å². The molecule has 0 bridgehead atoms. The topological polar surface area (TPSA) is 93.2 Å². The summed E-state index contributed by atoms with van der Waals surface area (Å²) in [6, 6.07) is 14.4. The molecule has 0 saturated heterocycles. The van der Waals surface area contributed by atoms with Crippen LogP contribution in [0.2, 0.25) is 5.02 Å². The van der Waals surface area contributed by atoms with Crippen LogP contribution in [0.25, 0.3) is 11.1 Å². The molecule has 28 heavy (non-hydrogen) atoms. The van der Waals surface area contributed by atoms with Crippen LogP contribution in [0.4, 0.5) is 11.6 Å². The van der Waals surface area contributed by atoms with Crippen molar-refractivity contribution in [3.05, 3.63) is 65.9 Å². The molecule has 0 fully saturated rings. The summed E-state index contributed by atoms with van der Waals surface area (Å²) in [4.78, 5) is 33.5. The van der Waals surface area contributed by atoms with Gasteiger partial charge in [0.25, 0.3) is 17.4 Å². The van der Waals surface area contributed by atoms with Crippen molar-refractivity contribution in [2.75, 3.05) is 10.6 Å². The van der Waals surface area contributed by atoms with Crippen LogP contribution in [0.1, 0.15) is 6.92 Å². The first-order chi connectivity index (χ1) is 13.5. The SMILES string of the molecule is CC1(C(=O)Nc2ncc(-c3ccccc3)cn2)Oc2ccc(Cl)cc2NC1=O. The third-order valence-corrected chi connectivity index (χ3v) is 4.59. The number of halogens is 1. The third-order valence-electron chi connectivity index (χ3n) is 4.35. The zero-order valence-electron chi connectivity index (χ0n) is 14.8. The number of nitrogens with one attached hydrogen (secondary N) is 2. The van der Waals surface area contributed by atoms with Crippen molar-refractivity contribution < 1.29 is 14.3 Å². The number of nitrogens with zero attached hydrogens (tertiary/aromatic N) is 2. The first kappa shape index (κ1) is 17.9. The van der Waals surface area contributed by atoms with Crippen molar-refractivity contribution >= 4 is 35.1 Å². The molecule has 1 atom stereocenters. The highest BCUT2D eigenvalue weighted by molar-refractivity contribution is 6.31. The molecular formula is C20H15ClN4O3. The van der Waals surface area contributed by atoms with Crippen LogP contribution in [0, 0.1) is 0 Å². The van der Waals surface area contributed by atoms with Gasteiger partial charge in [-0.05, 0) is 30.7 Å². The lowest BCUT2D eigenvalue weighted by molar-refractivity contribution is -0.143. The number of aromatic nitrogens is 2. The first-order valence-electron chi connectivity index (χ1n) is 8.45. The first-order valence-corrected chi connectivity index (χ1v) is 8.82. The molecule has 0 spiro atoms. The number of carbonyl (C=O) groups is 2. The van der Waals surface area contributed by atoms with E-state index in [2.05, 4.69) is 20.6 Å². The summed E-state index contributed by atoms with van der Waals surface area (Å²) in [6.07, 6.45) is 3.19. The van der Waals surface area contributed by atoms with E-state index in [1.165, 1.54) is 6.92 Å². The van der Waals surface area contributed by atoms with Crippen LogP contribution in [-0.2, 0) is 9.59 Å². The Labute approximate surface area is 165 Å². The molecule has 3 aromatic rings. The van der Waals surface area contributed by atoms with Crippen LogP contribution in [0.15, 0.2) is 60.9 Å². The second-order valence-electron chi connectivity index (χ2n) is 6.35. The number of ether oxygens (including phenoxy) is 1. The quantitative estimate of drug-likeness (QED) is 0.663. The highest BCUT2D eigenvalue weighted by Gasteiger charge is 2.47. The molecule has 0 saturated carbocycles. The minimum absolute atomic E-state index is 0.0733. The Hall–Kier alpha value is -3.45. The maximum atomic E-state index is 12.7. The average Bonchev–Trinajstić information content (AvgIpc) is 2.70. The summed E-state index contributed by atoms with van der Waals surface area (Å²) in [5.74, 6) is -0.870. The van der Waals surface area contributed by atoms with Crippen molar-refractivity contribution in [3.8, 4) is 16.9 Å². The van der Waals surface area contributed by atoms with Gasteiger partial charge in [-0.15, -0.1) is 0 Å². The van der Waals surface area contributed by atoms with Gasteiger partial charge in [-0.3, -0.25) is 14.9 Å². The van der Waals surface area contributed by atoms with E-state index >= 15 is 0 Å². The van der Waals surface area contributed by atoms with Crippen LogP contribution in [0.3, 0.4) is 0 Å². The molecular weight excluding hydrogens is 380 g/mol. The van der Waals surface area contributed by atoms with Gasteiger partial charge < -0.3 is 10.1 Å². The molecule has 2 aromatic carbocycles. The van der Waals surface area contributed by atoms with Gasteiger partial charge in [0, 0.05) is 23.0 Å². The van der Waals surface area contributed by atoms with Gasteiger partial charge in [-0.25, -0.2) is 9.97 Å². The molecule has 7 nitrogen and oxygen atoms in total. The Bertz CT molecular complexity index is 1060. The Kier molecular flexibility index (Phi) is 4.44. The fourth-order valence-corrected chi connectivity index (χ4v) is 2.91. The average molecular weight is 395 g/mol. The van der Waals surface area contributed by atoms with Gasteiger partial charge >= 0.3 is 0 Å². The molecule has 1 aliphatic heterocycles. The Morgan fingerprint density at radius 1 is 1.11 bits per heavy atom. The minimum Gasteiger partial charge on any atom is -0.466 e. The number of carbonyl (C=O) groups excluding carboxylic acids is 2. The molecule has 1 unspecified atom stereocenters. The highest BCUT2D eigenvalue weighted by Crippen LogP contribution is 2.35. The molecule has 1 aromatic heterocycles. The fraction of sp³-hybridized carbons (Fsp3) is 0.100. The van der Waals surface area contributed by atoms with Crippen LogP contribution >= 0.6 is 11.6 Å². The normalized spacial score (nSPS) is 17.9. The lowest BCUT2D eigenvalue weighted by atomic mass is 10.0. The molecule has 2 N–H and O–H groups in total. The molecule has 1 aliphatic rings. The summed E-state index contributed by atoms with van der Waals surface area (Å²) >= 11 is 5.92. The molecule has 4 rings (SSSR count). The van der Waals surface area contributed by atoms with Crippen LogP contribution in [0.5, 0.6) is 5.75 Å². The number of benzene rings is 2. The number of anilines is 2. The van der Waals surface area contributed by atoms with Gasteiger partial charge in [0.1, 0.15) is 5.75 Å². The lowest BCUT2D eigenvalue weighted by Gasteiger charge is -2.33. The van der Waals surface area contributed by atoms with E-state index in [4.69, 9.17) is 16.3 Å². The fourth-order valence-electron chi connectivity index (χ4n) is 2.74. The Balaban J connectivity index is 1.53. The van der Waals surface area contributed by atoms with E-state index in [-0.39, 0.29) is 5.95 Å². The number of fused-ring (bicyclic) bond motifs is 1. The summed E-state index contributed by atoms with van der Waals surface area (Å²) in [5, 5.41) is 5.62. The maximum Gasteiger partial charge on any atom is 0.280 e. The predicted octanol–water partition coefficient (Wildman–Crippen LogP) is 3.53. The molecule has 140 valence electrons. The standard InChI is InChI=1S/C20H15ClN4O3/c1-20(17(26)24-15-9-14(21)7-8-16(15)28-20)18(27)25-19-22-10-13(11-23-19)12-5-3-2-4-6-12/h2-11H,1H3,(H,24,26)(H,22,23,25,27). The van der Waals surface area contributed by atoms with Crippen LogP contribution in [-0.4, -0.2) is 27.4 Å². The number of amides is 2. The summed E-state index contributed by atoms with van der Waals surface area (Å²) in [5.41, 5.74) is 0.397. The van der Waals surface area contributed by atoms with E-state index < -0.39 is 17.4 Å².